The van der Waals surface area contributed by atoms with Gasteiger partial charge in [0.15, 0.2) is 0 Å². The fraction of sp³-hybridized carbons (Fsp3) is 0.368. The van der Waals surface area contributed by atoms with Crippen molar-refractivity contribution in [2.24, 2.45) is 0 Å². The number of hydrogen-bond donors (Lipinski definition) is 1. The molecule has 1 saturated heterocycles. The second kappa shape index (κ2) is 6.49. The average molecular weight is 339 g/mol. The lowest BCUT2D eigenvalue weighted by Crippen LogP contribution is -2.34. The lowest BCUT2D eigenvalue weighted by molar-refractivity contribution is 0.199. The van der Waals surface area contributed by atoms with Crippen LogP contribution in [0.4, 0.5) is 0 Å². The molecule has 1 fully saturated rings. The van der Waals surface area contributed by atoms with Crippen LogP contribution in [0.2, 0.25) is 0 Å². The van der Waals surface area contributed by atoms with Crippen molar-refractivity contribution in [2.75, 3.05) is 13.1 Å². The number of thiophene rings is 1. The van der Waals surface area contributed by atoms with Gasteiger partial charge in [0.05, 0.1) is 12.0 Å². The molecule has 0 saturated carbocycles. The van der Waals surface area contributed by atoms with E-state index in [9.17, 15) is 4.79 Å². The molecule has 4 nitrogen and oxygen atoms in total. The first-order valence-electron chi connectivity index (χ1n) is 8.44. The molecular formula is C19H21N3OS. The van der Waals surface area contributed by atoms with Crippen LogP contribution in [-0.2, 0) is 6.54 Å². The maximum absolute atomic E-state index is 11.6. The Kier molecular flexibility index (Phi) is 4.21. The zero-order valence-corrected chi connectivity index (χ0v) is 14.6. The highest BCUT2D eigenvalue weighted by molar-refractivity contribution is 7.19. The van der Waals surface area contributed by atoms with Crippen molar-refractivity contribution in [2.45, 2.75) is 32.2 Å². The molecule has 1 aliphatic heterocycles. The normalized spacial score (nSPS) is 19.0. The van der Waals surface area contributed by atoms with Gasteiger partial charge in [-0.3, -0.25) is 9.69 Å². The van der Waals surface area contributed by atoms with Gasteiger partial charge in [-0.1, -0.05) is 18.2 Å². The Morgan fingerprint density at radius 3 is 3.12 bits per heavy atom. The quantitative estimate of drug-likeness (QED) is 0.792. The van der Waals surface area contributed by atoms with Gasteiger partial charge >= 0.3 is 0 Å². The number of nitrogens with zero attached hydrogens (tertiary/aromatic N) is 2. The molecule has 3 aromatic rings. The summed E-state index contributed by atoms with van der Waals surface area (Å²) in [6, 6.07) is 10.3. The number of aryl methyl sites for hydroxylation is 1. The summed E-state index contributed by atoms with van der Waals surface area (Å²) < 4.78 is 1.37. The summed E-state index contributed by atoms with van der Waals surface area (Å²) in [4.78, 5) is 22.5. The third-order valence-electron chi connectivity index (χ3n) is 4.91. The van der Waals surface area contributed by atoms with Gasteiger partial charge in [0.2, 0.25) is 0 Å². The Morgan fingerprint density at radius 2 is 2.25 bits per heavy atom. The van der Waals surface area contributed by atoms with E-state index in [0.717, 1.165) is 38.2 Å². The molecule has 1 atom stereocenters. The smallest absolute Gasteiger partial charge is 0.250 e. The molecule has 0 bridgehead atoms. The first-order chi connectivity index (χ1) is 11.7. The number of hydrogen-bond acceptors (Lipinski definition) is 4. The van der Waals surface area contributed by atoms with Gasteiger partial charge in [0, 0.05) is 34.7 Å². The van der Waals surface area contributed by atoms with E-state index in [-0.39, 0.29) is 5.56 Å². The Labute approximate surface area is 145 Å². The van der Waals surface area contributed by atoms with Gasteiger partial charge in [-0.2, -0.15) is 0 Å². The molecule has 5 heteroatoms. The minimum atomic E-state index is -0.0585. The summed E-state index contributed by atoms with van der Waals surface area (Å²) in [5.41, 5.74) is 2.32. The highest BCUT2D eigenvalue weighted by Gasteiger charge is 2.23. The van der Waals surface area contributed by atoms with Crippen molar-refractivity contribution in [3.8, 4) is 0 Å². The SMILES string of the molecule is Cc1sc2ccccc2c1CN1CCCC(c2cc(=O)[nH]cn2)C1. The summed E-state index contributed by atoms with van der Waals surface area (Å²) in [6.45, 7) is 5.29. The third-order valence-corrected chi connectivity index (χ3v) is 6.03. The van der Waals surface area contributed by atoms with Gasteiger partial charge in [-0.15, -0.1) is 11.3 Å². The van der Waals surface area contributed by atoms with E-state index < -0.39 is 0 Å². The molecule has 0 spiro atoms. The van der Waals surface area contributed by atoms with E-state index in [2.05, 4.69) is 46.1 Å². The molecule has 2 aromatic heterocycles. The lowest BCUT2D eigenvalue weighted by atomic mass is 9.94. The molecular weight excluding hydrogens is 318 g/mol. The van der Waals surface area contributed by atoms with Crippen molar-refractivity contribution >= 4 is 21.4 Å². The lowest BCUT2D eigenvalue weighted by Gasteiger charge is -2.32. The van der Waals surface area contributed by atoms with Crippen molar-refractivity contribution in [3.63, 3.8) is 0 Å². The minimum Gasteiger partial charge on any atom is -0.313 e. The molecule has 3 heterocycles. The Balaban J connectivity index is 1.56. The standard InChI is InChI=1S/C19H21N3OS/c1-13-16(15-6-2-3-7-18(15)24-13)11-22-8-4-5-14(10-22)17-9-19(23)21-12-20-17/h2-3,6-7,9,12,14H,4-5,8,10-11H2,1H3,(H,20,21,23). The summed E-state index contributed by atoms with van der Waals surface area (Å²) in [5, 5.41) is 1.39. The third kappa shape index (κ3) is 3.01. The number of fused-ring (bicyclic) bond motifs is 1. The number of aromatic nitrogens is 2. The molecule has 0 aliphatic carbocycles. The van der Waals surface area contributed by atoms with E-state index in [0.29, 0.717) is 5.92 Å². The zero-order chi connectivity index (χ0) is 16.5. The molecule has 0 radical (unpaired) electrons. The molecule has 1 N–H and O–H groups in total. The maximum atomic E-state index is 11.6. The highest BCUT2D eigenvalue weighted by atomic mass is 32.1. The van der Waals surface area contributed by atoms with Crippen LogP contribution in [0, 0.1) is 6.92 Å². The maximum Gasteiger partial charge on any atom is 0.250 e. The van der Waals surface area contributed by atoms with Crippen LogP contribution in [0.15, 0.2) is 41.5 Å². The fourth-order valence-electron chi connectivity index (χ4n) is 3.69. The second-order valence-corrected chi connectivity index (χ2v) is 7.80. The van der Waals surface area contributed by atoms with Crippen molar-refractivity contribution in [1.82, 2.24) is 14.9 Å². The van der Waals surface area contributed by atoms with Gasteiger partial charge in [0.1, 0.15) is 0 Å². The number of nitrogens with one attached hydrogen (secondary N) is 1. The largest absolute Gasteiger partial charge is 0.313 e. The topological polar surface area (TPSA) is 49.0 Å². The molecule has 1 aromatic carbocycles. The van der Waals surface area contributed by atoms with Crippen LogP contribution < -0.4 is 5.56 Å². The minimum absolute atomic E-state index is 0.0585. The Morgan fingerprint density at radius 1 is 1.38 bits per heavy atom. The highest BCUT2D eigenvalue weighted by Crippen LogP contribution is 2.33. The molecule has 4 rings (SSSR count). The summed E-state index contributed by atoms with van der Waals surface area (Å²) in [6.07, 6.45) is 3.78. The number of likely N-dealkylation sites (tertiary alicyclic amines) is 1. The van der Waals surface area contributed by atoms with E-state index >= 15 is 0 Å². The molecule has 0 amide bonds. The number of H-pyrrole nitrogens is 1. The molecule has 1 aliphatic rings. The fourth-order valence-corrected chi connectivity index (χ4v) is 4.76. The van der Waals surface area contributed by atoms with E-state index in [1.165, 1.54) is 26.9 Å². The zero-order valence-electron chi connectivity index (χ0n) is 13.8. The van der Waals surface area contributed by atoms with Crippen LogP contribution in [0.3, 0.4) is 0 Å². The van der Waals surface area contributed by atoms with Gasteiger partial charge in [0.25, 0.3) is 5.56 Å². The Bertz CT molecular complexity index is 914. The van der Waals surface area contributed by atoms with Gasteiger partial charge < -0.3 is 4.98 Å². The van der Waals surface area contributed by atoms with Crippen LogP contribution >= 0.6 is 11.3 Å². The van der Waals surface area contributed by atoms with Crippen LogP contribution in [0.5, 0.6) is 0 Å². The number of rotatable bonds is 3. The van der Waals surface area contributed by atoms with Gasteiger partial charge in [-0.25, -0.2) is 4.98 Å². The van der Waals surface area contributed by atoms with Crippen molar-refractivity contribution in [1.29, 1.82) is 0 Å². The van der Waals surface area contributed by atoms with Crippen LogP contribution in [0.1, 0.15) is 34.9 Å². The first-order valence-corrected chi connectivity index (χ1v) is 9.26. The Hall–Kier alpha value is -1.98. The number of aromatic amines is 1. The second-order valence-electron chi connectivity index (χ2n) is 6.54. The van der Waals surface area contributed by atoms with Crippen molar-refractivity contribution in [3.05, 3.63) is 63.1 Å². The van der Waals surface area contributed by atoms with Crippen LogP contribution in [-0.4, -0.2) is 28.0 Å². The first kappa shape index (κ1) is 15.5. The molecule has 24 heavy (non-hydrogen) atoms. The predicted octanol–water partition coefficient (Wildman–Crippen LogP) is 3.67. The van der Waals surface area contributed by atoms with Crippen LogP contribution in [0.25, 0.3) is 10.1 Å². The van der Waals surface area contributed by atoms with Gasteiger partial charge in [-0.05, 0) is 43.3 Å². The predicted molar refractivity (Wildman–Crippen MR) is 98.7 cm³/mol. The van der Waals surface area contributed by atoms with E-state index in [1.54, 1.807) is 6.07 Å². The molecule has 1 unspecified atom stereocenters. The monoisotopic (exact) mass is 339 g/mol. The summed E-state index contributed by atoms with van der Waals surface area (Å²) in [7, 11) is 0. The van der Waals surface area contributed by atoms with Crippen molar-refractivity contribution < 1.29 is 0 Å². The summed E-state index contributed by atoms with van der Waals surface area (Å²) >= 11 is 1.88. The molecule has 124 valence electrons. The number of piperidine rings is 1. The summed E-state index contributed by atoms with van der Waals surface area (Å²) in [5.74, 6) is 0.353. The van der Waals surface area contributed by atoms with E-state index in [4.69, 9.17) is 0 Å². The average Bonchev–Trinajstić information content (AvgIpc) is 2.91. The number of benzene rings is 1. The van der Waals surface area contributed by atoms with E-state index in [1.807, 2.05) is 11.3 Å².